The number of hydrogen-bond acceptors (Lipinski definition) is 3. The third-order valence-electron chi connectivity index (χ3n) is 3.47. The molecule has 94 valence electrons. The molecule has 0 aromatic carbocycles. The summed E-state index contributed by atoms with van der Waals surface area (Å²) in [7, 11) is 0. The van der Waals surface area contributed by atoms with Gasteiger partial charge in [-0.1, -0.05) is 18.9 Å². The van der Waals surface area contributed by atoms with Crippen LogP contribution in [0, 0.1) is 0 Å². The Kier molecular flexibility index (Phi) is 4.88. The zero-order chi connectivity index (χ0) is 12.1. The van der Waals surface area contributed by atoms with Crippen molar-refractivity contribution in [3.8, 4) is 0 Å². The van der Waals surface area contributed by atoms with Crippen molar-refractivity contribution in [2.45, 2.75) is 37.0 Å². The normalized spacial score (nSPS) is 18.5. The largest absolute Gasteiger partial charge is 0.310 e. The number of halogens is 1. The summed E-state index contributed by atoms with van der Waals surface area (Å²) in [6.45, 7) is 1.96. The van der Waals surface area contributed by atoms with Crippen molar-refractivity contribution in [1.82, 2.24) is 10.3 Å². The number of hydrogen-bond donors (Lipinski definition) is 1. The van der Waals surface area contributed by atoms with E-state index >= 15 is 0 Å². The molecule has 1 saturated carbocycles. The predicted molar refractivity (Wildman–Crippen MR) is 78.4 cm³/mol. The summed E-state index contributed by atoms with van der Waals surface area (Å²) >= 11 is 5.43. The monoisotopic (exact) mass is 314 g/mol. The van der Waals surface area contributed by atoms with Crippen LogP contribution >= 0.6 is 27.7 Å². The fourth-order valence-electron chi connectivity index (χ4n) is 2.44. The predicted octanol–water partition coefficient (Wildman–Crippen LogP) is 3.61. The van der Waals surface area contributed by atoms with E-state index in [1.54, 1.807) is 0 Å². The summed E-state index contributed by atoms with van der Waals surface area (Å²) in [5.41, 5.74) is 1.11. The second kappa shape index (κ2) is 6.21. The molecule has 0 bridgehead atoms. The Hall–Kier alpha value is -0.0600. The average Bonchev–Trinajstić information content (AvgIpc) is 2.79. The van der Waals surface area contributed by atoms with E-state index in [0.29, 0.717) is 4.75 Å². The highest BCUT2D eigenvalue weighted by atomic mass is 79.9. The lowest BCUT2D eigenvalue weighted by molar-refractivity contribution is 0.530. The number of aromatic nitrogens is 1. The number of nitrogens with zero attached hydrogens (tertiary/aromatic N) is 1. The number of pyridine rings is 1. The molecule has 0 saturated heterocycles. The second-order valence-electron chi connectivity index (χ2n) is 4.65. The lowest BCUT2D eigenvalue weighted by Crippen LogP contribution is -2.34. The smallest absolute Gasteiger partial charge is 0.106 e. The minimum Gasteiger partial charge on any atom is -0.310 e. The first kappa shape index (κ1) is 13.4. The first-order valence-electron chi connectivity index (χ1n) is 6.11. The van der Waals surface area contributed by atoms with Crippen molar-refractivity contribution in [1.29, 1.82) is 0 Å². The van der Waals surface area contributed by atoms with Crippen molar-refractivity contribution in [2.75, 3.05) is 12.8 Å². The third kappa shape index (κ3) is 3.70. The van der Waals surface area contributed by atoms with Gasteiger partial charge in [-0.05, 0) is 47.2 Å². The molecule has 1 aliphatic carbocycles. The van der Waals surface area contributed by atoms with Gasteiger partial charge in [-0.3, -0.25) is 0 Å². The topological polar surface area (TPSA) is 24.9 Å². The fourth-order valence-corrected chi connectivity index (χ4v) is 3.76. The molecule has 0 unspecified atom stereocenters. The van der Waals surface area contributed by atoms with Gasteiger partial charge in [0.15, 0.2) is 0 Å². The van der Waals surface area contributed by atoms with Gasteiger partial charge in [-0.2, -0.15) is 11.8 Å². The Morgan fingerprint density at radius 2 is 2.18 bits per heavy atom. The lowest BCUT2D eigenvalue weighted by atomic mass is 10.1. The van der Waals surface area contributed by atoms with Crippen molar-refractivity contribution in [3.05, 3.63) is 28.5 Å². The summed E-state index contributed by atoms with van der Waals surface area (Å²) in [5, 5.41) is 3.56. The molecular weight excluding hydrogens is 296 g/mol. The van der Waals surface area contributed by atoms with E-state index in [1.165, 1.54) is 25.7 Å². The SMILES string of the molecule is CSC1(CNCc2cccc(Br)n2)CCCC1. The number of thioether (sulfide) groups is 1. The molecule has 1 fully saturated rings. The van der Waals surface area contributed by atoms with Crippen LogP contribution < -0.4 is 5.32 Å². The zero-order valence-corrected chi connectivity index (χ0v) is 12.6. The summed E-state index contributed by atoms with van der Waals surface area (Å²) < 4.78 is 1.39. The first-order valence-corrected chi connectivity index (χ1v) is 8.13. The van der Waals surface area contributed by atoms with Crippen LogP contribution in [-0.2, 0) is 6.54 Å². The Morgan fingerprint density at radius 3 is 2.82 bits per heavy atom. The van der Waals surface area contributed by atoms with Gasteiger partial charge in [-0.25, -0.2) is 4.98 Å². The van der Waals surface area contributed by atoms with E-state index in [9.17, 15) is 0 Å². The van der Waals surface area contributed by atoms with Crippen LogP contribution in [0.15, 0.2) is 22.8 Å². The number of rotatable bonds is 5. The first-order chi connectivity index (χ1) is 8.24. The zero-order valence-electron chi connectivity index (χ0n) is 10.2. The quantitative estimate of drug-likeness (QED) is 0.840. The number of nitrogens with one attached hydrogen (secondary N) is 1. The summed E-state index contributed by atoms with van der Waals surface area (Å²) in [6.07, 6.45) is 7.72. The Bertz CT molecular complexity index is 364. The van der Waals surface area contributed by atoms with Crippen LogP contribution in [0.3, 0.4) is 0 Å². The molecule has 1 aliphatic rings. The van der Waals surface area contributed by atoms with Gasteiger partial charge in [-0.15, -0.1) is 0 Å². The minimum atomic E-state index is 0.478. The summed E-state index contributed by atoms with van der Waals surface area (Å²) in [4.78, 5) is 4.43. The maximum Gasteiger partial charge on any atom is 0.106 e. The Labute approximate surface area is 116 Å². The molecule has 4 heteroatoms. The van der Waals surface area contributed by atoms with Gasteiger partial charge >= 0.3 is 0 Å². The molecule has 2 rings (SSSR count). The highest BCUT2D eigenvalue weighted by Crippen LogP contribution is 2.39. The van der Waals surface area contributed by atoms with E-state index in [1.807, 2.05) is 23.9 Å². The maximum absolute atomic E-state index is 4.43. The third-order valence-corrected chi connectivity index (χ3v) is 5.33. The van der Waals surface area contributed by atoms with Gasteiger partial charge in [0.25, 0.3) is 0 Å². The fraction of sp³-hybridized carbons (Fsp3) is 0.615. The molecule has 1 aromatic heterocycles. The van der Waals surface area contributed by atoms with Crippen molar-refractivity contribution in [2.24, 2.45) is 0 Å². The van der Waals surface area contributed by atoms with Gasteiger partial charge < -0.3 is 5.32 Å². The minimum absolute atomic E-state index is 0.478. The van der Waals surface area contributed by atoms with Crippen LogP contribution in [0.5, 0.6) is 0 Å². The standard InChI is InChI=1S/C13H19BrN2S/c1-17-13(7-2-3-8-13)10-15-9-11-5-4-6-12(14)16-11/h4-6,15H,2-3,7-10H2,1H3. The molecule has 1 heterocycles. The molecule has 0 atom stereocenters. The molecule has 17 heavy (non-hydrogen) atoms. The highest BCUT2D eigenvalue weighted by Gasteiger charge is 2.32. The molecule has 0 spiro atoms. The van der Waals surface area contributed by atoms with Gasteiger partial charge in [0.1, 0.15) is 4.60 Å². The van der Waals surface area contributed by atoms with E-state index in [0.717, 1.165) is 23.4 Å². The van der Waals surface area contributed by atoms with Crippen molar-refractivity contribution < 1.29 is 0 Å². The van der Waals surface area contributed by atoms with Crippen molar-refractivity contribution >= 4 is 27.7 Å². The van der Waals surface area contributed by atoms with Crippen LogP contribution in [0.25, 0.3) is 0 Å². The van der Waals surface area contributed by atoms with Gasteiger partial charge in [0.05, 0.1) is 5.69 Å². The molecule has 1 aromatic rings. The lowest BCUT2D eigenvalue weighted by Gasteiger charge is -2.27. The maximum atomic E-state index is 4.43. The van der Waals surface area contributed by atoms with Gasteiger partial charge in [0.2, 0.25) is 0 Å². The van der Waals surface area contributed by atoms with Crippen LogP contribution in [-0.4, -0.2) is 22.5 Å². The summed E-state index contributed by atoms with van der Waals surface area (Å²) in [5.74, 6) is 0. The van der Waals surface area contributed by atoms with Crippen LogP contribution in [0.1, 0.15) is 31.4 Å². The molecule has 0 radical (unpaired) electrons. The molecule has 0 amide bonds. The molecule has 1 N–H and O–H groups in total. The van der Waals surface area contributed by atoms with E-state index in [-0.39, 0.29) is 0 Å². The molecular formula is C13H19BrN2S. The Balaban J connectivity index is 1.82. The summed E-state index contributed by atoms with van der Waals surface area (Å²) in [6, 6.07) is 6.07. The highest BCUT2D eigenvalue weighted by molar-refractivity contribution is 9.10. The average molecular weight is 315 g/mol. The molecule has 2 nitrogen and oxygen atoms in total. The van der Waals surface area contributed by atoms with Crippen LogP contribution in [0.4, 0.5) is 0 Å². The molecule has 0 aliphatic heterocycles. The van der Waals surface area contributed by atoms with E-state index < -0.39 is 0 Å². The van der Waals surface area contributed by atoms with E-state index in [4.69, 9.17) is 0 Å². The van der Waals surface area contributed by atoms with Crippen LogP contribution in [0.2, 0.25) is 0 Å². The second-order valence-corrected chi connectivity index (χ2v) is 6.74. The van der Waals surface area contributed by atoms with Gasteiger partial charge in [0, 0.05) is 17.8 Å². The Morgan fingerprint density at radius 1 is 1.41 bits per heavy atom. The van der Waals surface area contributed by atoms with E-state index in [2.05, 4.69) is 38.6 Å². The van der Waals surface area contributed by atoms with Crippen molar-refractivity contribution in [3.63, 3.8) is 0 Å².